The van der Waals surface area contributed by atoms with Crippen molar-refractivity contribution in [2.24, 2.45) is 0 Å². The molecule has 21 heavy (non-hydrogen) atoms. The monoisotopic (exact) mass is 370 g/mol. The zero-order chi connectivity index (χ0) is 15.1. The van der Waals surface area contributed by atoms with Gasteiger partial charge in [-0.3, -0.25) is 0 Å². The van der Waals surface area contributed by atoms with Gasteiger partial charge in [-0.05, 0) is 48.0 Å². The van der Waals surface area contributed by atoms with Crippen LogP contribution in [0.2, 0.25) is 0 Å². The number of hydrogen-bond donors (Lipinski definition) is 0. The summed E-state index contributed by atoms with van der Waals surface area (Å²) in [7, 11) is 0. The first-order valence-electron chi connectivity index (χ1n) is 6.50. The third kappa shape index (κ3) is 2.72. The van der Waals surface area contributed by atoms with Gasteiger partial charge in [-0.1, -0.05) is 0 Å². The molecule has 3 nitrogen and oxygen atoms in total. The van der Waals surface area contributed by atoms with Crippen molar-refractivity contribution in [3.63, 3.8) is 0 Å². The molecule has 0 aliphatic heterocycles. The first-order valence-corrected chi connectivity index (χ1v) is 7.73. The Balaban J connectivity index is 2.17. The zero-order valence-electron chi connectivity index (χ0n) is 11.5. The molecular weight excluding hydrogens is 359 g/mol. The normalized spacial score (nSPS) is 13.0. The number of fused-ring (bicyclic) bond motifs is 1. The van der Waals surface area contributed by atoms with Crippen LogP contribution < -0.4 is 0 Å². The van der Waals surface area contributed by atoms with Crippen LogP contribution in [0.1, 0.15) is 29.6 Å². The predicted molar refractivity (Wildman–Crippen MR) is 84.2 cm³/mol. The van der Waals surface area contributed by atoms with Crippen LogP contribution >= 0.6 is 27.5 Å². The Bertz CT molecular complexity index is 809. The van der Waals surface area contributed by atoms with E-state index in [2.05, 4.69) is 20.9 Å². The van der Waals surface area contributed by atoms with Crippen molar-refractivity contribution in [1.29, 1.82) is 0 Å². The smallest absolute Gasteiger partial charge is 0.139 e. The maximum Gasteiger partial charge on any atom is 0.139 e. The lowest BCUT2D eigenvalue weighted by Crippen LogP contribution is -2.05. The van der Waals surface area contributed by atoms with Crippen LogP contribution in [0.5, 0.6) is 0 Å². The van der Waals surface area contributed by atoms with Gasteiger partial charge in [-0.2, -0.15) is 0 Å². The number of furan rings is 1. The molecule has 0 N–H and O–H groups in total. The number of hydrogen-bond acceptors (Lipinski definition) is 2. The number of imidazole rings is 1. The molecule has 6 heteroatoms. The van der Waals surface area contributed by atoms with Gasteiger partial charge < -0.3 is 8.98 Å². The van der Waals surface area contributed by atoms with Crippen molar-refractivity contribution in [1.82, 2.24) is 9.55 Å². The minimum atomic E-state index is -0.338. The lowest BCUT2D eigenvalue weighted by atomic mass is 10.3. The Kier molecular flexibility index (Phi) is 3.80. The molecule has 0 bridgehead atoms. The number of aryl methyl sites for hydroxylation is 1. The number of benzene rings is 1. The highest BCUT2D eigenvalue weighted by Crippen LogP contribution is 2.29. The van der Waals surface area contributed by atoms with Gasteiger partial charge in [0, 0.05) is 6.07 Å². The fraction of sp³-hybridized carbons (Fsp3) is 0.267. The van der Waals surface area contributed by atoms with Crippen molar-refractivity contribution in [2.75, 3.05) is 0 Å². The molecule has 3 rings (SSSR count). The number of rotatable bonds is 3. The van der Waals surface area contributed by atoms with E-state index in [1.54, 1.807) is 6.07 Å². The largest absolute Gasteiger partial charge is 0.464 e. The van der Waals surface area contributed by atoms with Crippen LogP contribution in [0.4, 0.5) is 4.39 Å². The van der Waals surface area contributed by atoms with Gasteiger partial charge in [-0.15, -0.1) is 11.6 Å². The van der Waals surface area contributed by atoms with Crippen molar-refractivity contribution in [3.8, 4) is 0 Å². The summed E-state index contributed by atoms with van der Waals surface area (Å²) in [4.78, 5) is 4.45. The van der Waals surface area contributed by atoms with Crippen molar-refractivity contribution in [3.05, 3.63) is 51.9 Å². The average Bonchev–Trinajstić information content (AvgIpc) is 2.96. The predicted octanol–water partition coefficient (Wildman–Crippen LogP) is 5.19. The molecular formula is C15H13BrClFN2O. The van der Waals surface area contributed by atoms with Crippen LogP contribution in [0.3, 0.4) is 0 Å². The molecule has 0 fully saturated rings. The third-order valence-electron chi connectivity index (χ3n) is 3.29. The summed E-state index contributed by atoms with van der Waals surface area (Å²) in [5, 5.41) is -0.282. The van der Waals surface area contributed by atoms with E-state index < -0.39 is 0 Å². The van der Waals surface area contributed by atoms with Gasteiger partial charge in [0.15, 0.2) is 0 Å². The van der Waals surface area contributed by atoms with E-state index in [0.717, 1.165) is 17.0 Å². The second kappa shape index (κ2) is 5.46. The fourth-order valence-corrected chi connectivity index (χ4v) is 2.83. The average molecular weight is 372 g/mol. The van der Waals surface area contributed by atoms with Crippen LogP contribution in [-0.2, 0) is 6.54 Å². The molecule has 110 valence electrons. The van der Waals surface area contributed by atoms with Crippen LogP contribution in [0.25, 0.3) is 11.0 Å². The lowest BCUT2D eigenvalue weighted by Gasteiger charge is -2.09. The van der Waals surface area contributed by atoms with E-state index in [0.29, 0.717) is 22.4 Å². The number of nitrogens with zero attached hydrogens (tertiary/aromatic N) is 2. The quantitative estimate of drug-likeness (QED) is 0.593. The second-order valence-electron chi connectivity index (χ2n) is 4.94. The molecule has 0 aliphatic carbocycles. The zero-order valence-corrected chi connectivity index (χ0v) is 13.9. The molecule has 0 radical (unpaired) electrons. The summed E-state index contributed by atoms with van der Waals surface area (Å²) in [6.07, 6.45) is 0. The molecule has 0 spiro atoms. The Hall–Kier alpha value is -1.33. The Morgan fingerprint density at radius 2 is 2.19 bits per heavy atom. The molecule has 1 unspecified atom stereocenters. The summed E-state index contributed by atoms with van der Waals surface area (Å²) in [5.74, 6) is 2.01. The van der Waals surface area contributed by atoms with Gasteiger partial charge in [-0.25, -0.2) is 9.37 Å². The van der Waals surface area contributed by atoms with E-state index in [-0.39, 0.29) is 11.2 Å². The van der Waals surface area contributed by atoms with Gasteiger partial charge >= 0.3 is 0 Å². The number of halogens is 3. The summed E-state index contributed by atoms with van der Waals surface area (Å²) in [6.45, 7) is 4.25. The topological polar surface area (TPSA) is 31.0 Å². The first kappa shape index (κ1) is 14.6. The standard InChI is InChI=1S/C15H13BrClFN2O/c1-8-3-4-10(21-8)7-20-14-5-11(16)12(18)6-13(14)19-15(20)9(2)17/h3-6,9H,7H2,1-2H3. The maximum atomic E-state index is 13.7. The van der Waals surface area contributed by atoms with Crippen molar-refractivity contribution >= 4 is 38.6 Å². The highest BCUT2D eigenvalue weighted by molar-refractivity contribution is 9.10. The van der Waals surface area contributed by atoms with E-state index in [4.69, 9.17) is 16.0 Å². The molecule has 1 aromatic carbocycles. The van der Waals surface area contributed by atoms with E-state index in [1.165, 1.54) is 6.07 Å². The van der Waals surface area contributed by atoms with Crippen LogP contribution in [0, 0.1) is 12.7 Å². The summed E-state index contributed by atoms with van der Waals surface area (Å²) in [5.41, 5.74) is 1.40. The molecule has 1 atom stereocenters. The van der Waals surface area contributed by atoms with Crippen LogP contribution in [-0.4, -0.2) is 9.55 Å². The summed E-state index contributed by atoms with van der Waals surface area (Å²) in [6, 6.07) is 6.96. The molecule has 2 heterocycles. The van der Waals surface area contributed by atoms with Gasteiger partial charge in [0.25, 0.3) is 0 Å². The summed E-state index contributed by atoms with van der Waals surface area (Å²) >= 11 is 9.43. The Morgan fingerprint density at radius 1 is 1.43 bits per heavy atom. The molecule has 0 saturated heterocycles. The van der Waals surface area contributed by atoms with E-state index >= 15 is 0 Å². The van der Waals surface area contributed by atoms with E-state index in [1.807, 2.05) is 30.5 Å². The van der Waals surface area contributed by atoms with Crippen molar-refractivity contribution < 1.29 is 8.81 Å². The van der Waals surface area contributed by atoms with E-state index in [9.17, 15) is 4.39 Å². The first-order chi connectivity index (χ1) is 9.95. The fourth-order valence-electron chi connectivity index (χ4n) is 2.33. The van der Waals surface area contributed by atoms with Gasteiger partial charge in [0.1, 0.15) is 23.2 Å². The number of aromatic nitrogens is 2. The Labute approximate surface area is 134 Å². The molecule has 0 aliphatic rings. The minimum absolute atomic E-state index is 0.282. The summed E-state index contributed by atoms with van der Waals surface area (Å²) < 4.78 is 21.6. The third-order valence-corrected chi connectivity index (χ3v) is 4.09. The lowest BCUT2D eigenvalue weighted by molar-refractivity contribution is 0.469. The highest BCUT2D eigenvalue weighted by atomic mass is 79.9. The second-order valence-corrected chi connectivity index (χ2v) is 6.45. The molecule has 2 aromatic heterocycles. The van der Waals surface area contributed by atoms with Crippen LogP contribution in [0.15, 0.2) is 33.2 Å². The maximum absolute atomic E-state index is 13.7. The SMILES string of the molecule is Cc1ccc(Cn2c(C(C)Cl)nc3cc(F)c(Br)cc32)o1. The number of alkyl halides is 1. The molecule has 3 aromatic rings. The Morgan fingerprint density at radius 3 is 2.81 bits per heavy atom. The van der Waals surface area contributed by atoms with Gasteiger partial charge in [0.05, 0.1) is 27.4 Å². The van der Waals surface area contributed by atoms with Crippen molar-refractivity contribution in [2.45, 2.75) is 25.8 Å². The minimum Gasteiger partial charge on any atom is -0.464 e. The molecule has 0 amide bonds. The molecule has 0 saturated carbocycles. The highest BCUT2D eigenvalue weighted by Gasteiger charge is 2.18. The van der Waals surface area contributed by atoms with Gasteiger partial charge in [0.2, 0.25) is 0 Å².